The van der Waals surface area contributed by atoms with Gasteiger partial charge in [-0.15, -0.1) is 0 Å². The van der Waals surface area contributed by atoms with Crippen molar-refractivity contribution in [1.29, 1.82) is 0 Å². The highest BCUT2D eigenvalue weighted by molar-refractivity contribution is 5.89. The van der Waals surface area contributed by atoms with Crippen molar-refractivity contribution in [1.82, 2.24) is 20.9 Å². The zero-order valence-electron chi connectivity index (χ0n) is 39.8. The molecule has 352 valence electrons. The topological polar surface area (TPSA) is 143 Å². The van der Waals surface area contributed by atoms with E-state index < -0.39 is 6.04 Å². The summed E-state index contributed by atoms with van der Waals surface area (Å²) in [4.78, 5) is 66.2. The maximum absolute atomic E-state index is 13.2. The molecule has 0 saturated carbocycles. The fraction of sp³-hybridized carbons (Fsp3) is 0.898. The largest absolute Gasteiger partial charge is 0.465 e. The Bertz CT molecular complexity index is 1070. The number of nitrogens with one attached hydrogen (secondary N) is 3. The fourth-order valence-corrected chi connectivity index (χ4v) is 7.50. The number of carbonyl (C=O) groups excluding carboxylic acids is 5. The standard InChI is InChI=1S/C49H94N4O7/c1-7-11-15-19-21-25-33-42(31-23-17-13-9-3)48(57)59-39-29-27-37-50-45(54)36-35-44(52-46(55)41-53(5)6)47(56)51-38-28-30-40-60-49(58)43(32-24-18-14-10-4)34-26-22-20-16-12-8-2/h42-44H,7-41H2,1-6H3,(H,50,54)(H,51,56)(H,52,55). The molecule has 3 N–H and O–H groups in total. The molecule has 0 heterocycles. The molecular formula is C49H94N4O7. The van der Waals surface area contributed by atoms with E-state index in [0.29, 0.717) is 52.0 Å². The van der Waals surface area contributed by atoms with Gasteiger partial charge in [-0.1, -0.05) is 156 Å². The molecule has 3 atom stereocenters. The number of likely N-dealkylation sites (N-methyl/N-ethyl adjacent to an activating group) is 1. The summed E-state index contributed by atoms with van der Waals surface area (Å²) in [6, 6.07) is -0.845. The van der Waals surface area contributed by atoms with E-state index >= 15 is 0 Å². The molecule has 0 aromatic rings. The highest BCUT2D eigenvalue weighted by Gasteiger charge is 2.23. The number of ether oxygens (including phenoxy) is 2. The first-order chi connectivity index (χ1) is 29.1. The highest BCUT2D eigenvalue weighted by atomic mass is 16.5. The Morgan fingerprint density at radius 2 is 0.833 bits per heavy atom. The number of carbonyl (C=O) groups is 5. The van der Waals surface area contributed by atoms with Crippen LogP contribution in [-0.2, 0) is 33.4 Å². The van der Waals surface area contributed by atoms with Gasteiger partial charge in [0, 0.05) is 19.5 Å². The minimum absolute atomic E-state index is 0.0250. The summed E-state index contributed by atoms with van der Waals surface area (Å²) in [6.45, 7) is 10.5. The van der Waals surface area contributed by atoms with Crippen LogP contribution in [0, 0.1) is 11.8 Å². The van der Waals surface area contributed by atoms with E-state index in [9.17, 15) is 24.0 Å². The van der Waals surface area contributed by atoms with Crippen LogP contribution in [0.25, 0.3) is 0 Å². The summed E-state index contributed by atoms with van der Waals surface area (Å²) in [5.41, 5.74) is 0. The van der Waals surface area contributed by atoms with Crippen molar-refractivity contribution in [3.05, 3.63) is 0 Å². The Morgan fingerprint density at radius 3 is 1.25 bits per heavy atom. The van der Waals surface area contributed by atoms with Crippen LogP contribution in [0.1, 0.15) is 220 Å². The Kier molecular flexibility index (Phi) is 39.8. The predicted molar refractivity (Wildman–Crippen MR) is 247 cm³/mol. The Morgan fingerprint density at radius 1 is 0.450 bits per heavy atom. The summed E-state index contributed by atoms with van der Waals surface area (Å²) >= 11 is 0. The molecule has 11 heteroatoms. The van der Waals surface area contributed by atoms with Crippen LogP contribution in [0.15, 0.2) is 0 Å². The van der Waals surface area contributed by atoms with E-state index in [-0.39, 0.29) is 60.9 Å². The minimum Gasteiger partial charge on any atom is -0.465 e. The fourth-order valence-electron chi connectivity index (χ4n) is 7.50. The first-order valence-corrected chi connectivity index (χ1v) is 24.9. The molecule has 0 aromatic carbocycles. The van der Waals surface area contributed by atoms with Gasteiger partial charge in [-0.3, -0.25) is 24.0 Å². The first-order valence-electron chi connectivity index (χ1n) is 24.9. The van der Waals surface area contributed by atoms with Crippen LogP contribution in [-0.4, -0.2) is 87.5 Å². The second-order valence-corrected chi connectivity index (χ2v) is 17.5. The number of hydrogen-bond donors (Lipinski definition) is 3. The van der Waals surface area contributed by atoms with Gasteiger partial charge in [0.2, 0.25) is 17.7 Å². The van der Waals surface area contributed by atoms with Crippen LogP contribution in [0.3, 0.4) is 0 Å². The predicted octanol–water partition coefficient (Wildman–Crippen LogP) is 10.4. The zero-order chi connectivity index (χ0) is 44.5. The Balaban J connectivity index is 4.71. The average Bonchev–Trinajstić information content (AvgIpc) is 3.22. The lowest BCUT2D eigenvalue weighted by Crippen LogP contribution is -2.49. The summed E-state index contributed by atoms with van der Waals surface area (Å²) in [6.07, 6.45) is 30.1. The highest BCUT2D eigenvalue weighted by Crippen LogP contribution is 2.22. The van der Waals surface area contributed by atoms with Crippen molar-refractivity contribution in [3.8, 4) is 0 Å². The van der Waals surface area contributed by atoms with E-state index in [2.05, 4.69) is 43.6 Å². The first kappa shape index (κ1) is 57.3. The summed E-state index contributed by atoms with van der Waals surface area (Å²) in [5.74, 6) is -1.05. The smallest absolute Gasteiger partial charge is 0.308 e. The molecule has 11 nitrogen and oxygen atoms in total. The van der Waals surface area contributed by atoms with Crippen molar-refractivity contribution >= 4 is 29.7 Å². The number of hydrogen-bond acceptors (Lipinski definition) is 8. The summed E-state index contributed by atoms with van der Waals surface area (Å²) in [5, 5.41) is 8.61. The minimum atomic E-state index is -0.845. The van der Waals surface area contributed by atoms with E-state index in [1.165, 1.54) is 89.9 Å². The van der Waals surface area contributed by atoms with Crippen LogP contribution in [0.5, 0.6) is 0 Å². The number of amides is 3. The molecule has 0 aliphatic heterocycles. The third kappa shape index (κ3) is 35.0. The SMILES string of the molecule is CCCCCCCCC(CCCCCC)C(=O)OCCCCNC(=O)CCC(NC(=O)CN(C)C)C(=O)NCCCCOC(=O)C(CCCCCC)CCCCCCCC. The number of nitrogens with zero attached hydrogens (tertiary/aromatic N) is 1. The third-order valence-electron chi connectivity index (χ3n) is 11.3. The monoisotopic (exact) mass is 851 g/mol. The zero-order valence-corrected chi connectivity index (χ0v) is 39.8. The maximum Gasteiger partial charge on any atom is 0.308 e. The molecule has 0 spiro atoms. The summed E-state index contributed by atoms with van der Waals surface area (Å²) < 4.78 is 11.4. The normalized spacial score (nSPS) is 12.8. The molecule has 0 aliphatic rings. The van der Waals surface area contributed by atoms with Gasteiger partial charge in [-0.25, -0.2) is 0 Å². The second kappa shape index (κ2) is 41.7. The molecule has 3 unspecified atom stereocenters. The van der Waals surface area contributed by atoms with E-state index in [0.717, 1.165) is 64.2 Å². The van der Waals surface area contributed by atoms with E-state index in [1.807, 2.05) is 0 Å². The van der Waals surface area contributed by atoms with Crippen LogP contribution < -0.4 is 16.0 Å². The van der Waals surface area contributed by atoms with E-state index in [1.54, 1.807) is 19.0 Å². The van der Waals surface area contributed by atoms with Gasteiger partial charge in [0.25, 0.3) is 0 Å². The Labute approximate surface area is 368 Å². The molecule has 0 saturated heterocycles. The molecule has 0 aromatic heterocycles. The van der Waals surface area contributed by atoms with Crippen molar-refractivity contribution in [3.63, 3.8) is 0 Å². The number of rotatable bonds is 43. The van der Waals surface area contributed by atoms with Gasteiger partial charge < -0.3 is 30.3 Å². The van der Waals surface area contributed by atoms with Gasteiger partial charge in [0.1, 0.15) is 6.04 Å². The van der Waals surface area contributed by atoms with Gasteiger partial charge in [-0.2, -0.15) is 0 Å². The molecular weight excluding hydrogens is 757 g/mol. The second-order valence-electron chi connectivity index (χ2n) is 17.5. The molecule has 0 aliphatic carbocycles. The van der Waals surface area contributed by atoms with Gasteiger partial charge in [0.15, 0.2) is 0 Å². The Hall–Kier alpha value is -2.69. The molecule has 0 radical (unpaired) electrons. The lowest BCUT2D eigenvalue weighted by atomic mass is 9.94. The summed E-state index contributed by atoms with van der Waals surface area (Å²) in [7, 11) is 3.56. The van der Waals surface area contributed by atoms with Crippen molar-refractivity contribution < 1.29 is 33.4 Å². The van der Waals surface area contributed by atoms with E-state index in [4.69, 9.17) is 9.47 Å². The molecule has 0 rings (SSSR count). The third-order valence-corrected chi connectivity index (χ3v) is 11.3. The number of unbranched alkanes of at least 4 members (excludes halogenated alkanes) is 18. The molecule has 0 bridgehead atoms. The van der Waals surface area contributed by atoms with Crippen molar-refractivity contribution in [2.75, 3.05) is 46.9 Å². The van der Waals surface area contributed by atoms with Crippen LogP contribution in [0.4, 0.5) is 0 Å². The molecule has 0 fully saturated rings. The number of esters is 2. The lowest BCUT2D eigenvalue weighted by Gasteiger charge is -2.20. The quantitative estimate of drug-likeness (QED) is 0.0407. The van der Waals surface area contributed by atoms with Crippen LogP contribution in [0.2, 0.25) is 0 Å². The molecule has 60 heavy (non-hydrogen) atoms. The molecule has 3 amide bonds. The maximum atomic E-state index is 13.2. The average molecular weight is 851 g/mol. The van der Waals surface area contributed by atoms with Gasteiger partial charge in [-0.05, 0) is 71.9 Å². The van der Waals surface area contributed by atoms with Crippen molar-refractivity contribution in [2.24, 2.45) is 11.8 Å². The van der Waals surface area contributed by atoms with Gasteiger partial charge >= 0.3 is 11.9 Å². The lowest BCUT2D eigenvalue weighted by molar-refractivity contribution is -0.150. The van der Waals surface area contributed by atoms with Crippen LogP contribution >= 0.6 is 0 Å². The van der Waals surface area contributed by atoms with Crippen molar-refractivity contribution in [2.45, 2.75) is 226 Å². The van der Waals surface area contributed by atoms with Gasteiger partial charge in [0.05, 0.1) is 31.6 Å².